The van der Waals surface area contributed by atoms with Crippen molar-refractivity contribution in [2.75, 3.05) is 7.11 Å². The average Bonchev–Trinajstić information content (AvgIpc) is 2.93. The summed E-state index contributed by atoms with van der Waals surface area (Å²) in [6, 6.07) is 10.1. The van der Waals surface area contributed by atoms with Gasteiger partial charge in [-0.25, -0.2) is 0 Å². The number of rotatable bonds is 4. The summed E-state index contributed by atoms with van der Waals surface area (Å²) >= 11 is 0. The first-order valence-corrected chi connectivity index (χ1v) is 8.26. The van der Waals surface area contributed by atoms with Crippen LogP contribution < -0.4 is 0 Å². The molecule has 126 valence electrons. The summed E-state index contributed by atoms with van der Waals surface area (Å²) in [4.78, 5) is 0. The van der Waals surface area contributed by atoms with Crippen LogP contribution in [0.4, 0.5) is 0 Å². The van der Waals surface area contributed by atoms with Gasteiger partial charge in [-0.05, 0) is 32.3 Å². The normalized spacial score (nSPS) is 41.0. The highest BCUT2D eigenvalue weighted by molar-refractivity contribution is 5.16. The molecule has 0 amide bonds. The lowest BCUT2D eigenvalue weighted by Gasteiger charge is -2.43. The minimum atomic E-state index is -0.621. The molecule has 1 aromatic carbocycles. The van der Waals surface area contributed by atoms with Crippen molar-refractivity contribution in [1.29, 1.82) is 0 Å². The van der Waals surface area contributed by atoms with Crippen molar-refractivity contribution >= 4 is 0 Å². The van der Waals surface area contributed by atoms with Crippen LogP contribution in [0.1, 0.15) is 32.3 Å². The number of methoxy groups -OCH3 is 1. The second-order valence-electron chi connectivity index (χ2n) is 7.03. The summed E-state index contributed by atoms with van der Waals surface area (Å²) in [5, 5.41) is 0. The summed E-state index contributed by atoms with van der Waals surface area (Å²) in [7, 11) is 1.65. The van der Waals surface area contributed by atoms with Gasteiger partial charge >= 0.3 is 0 Å². The fraction of sp³-hybridized carbons (Fsp3) is 0.667. The number of benzene rings is 1. The number of ether oxygens (including phenoxy) is 5. The standard InChI is InChI=1S/C18H24O5/c1-17(2)22-14-13-9-10-18(14,23-17)15(16(19-3)21-13)20-11-12-7-5-4-6-8-12/h4-8,13-16H,9-11H2,1-3H3/t13-,14+,15+,16-,18+/m1/s1. The molecule has 23 heavy (non-hydrogen) atoms. The Morgan fingerprint density at radius 2 is 2.00 bits per heavy atom. The fourth-order valence-electron chi connectivity index (χ4n) is 4.18. The first-order valence-electron chi connectivity index (χ1n) is 8.26. The van der Waals surface area contributed by atoms with E-state index < -0.39 is 17.7 Å². The van der Waals surface area contributed by atoms with Gasteiger partial charge in [0.15, 0.2) is 12.1 Å². The highest BCUT2D eigenvalue weighted by Gasteiger charge is 2.69. The second kappa shape index (κ2) is 5.53. The van der Waals surface area contributed by atoms with Crippen molar-refractivity contribution in [2.45, 2.75) is 69.3 Å². The van der Waals surface area contributed by atoms with Gasteiger partial charge in [0.05, 0.1) is 12.7 Å². The van der Waals surface area contributed by atoms with E-state index in [1.54, 1.807) is 7.11 Å². The van der Waals surface area contributed by atoms with Gasteiger partial charge in [0.2, 0.25) is 0 Å². The zero-order chi connectivity index (χ0) is 16.1. The molecule has 2 bridgehead atoms. The Hall–Kier alpha value is -0.980. The summed E-state index contributed by atoms with van der Waals surface area (Å²) in [6.07, 6.45) is 0.956. The molecule has 2 aliphatic heterocycles. The van der Waals surface area contributed by atoms with Crippen LogP contribution in [0, 0.1) is 0 Å². The van der Waals surface area contributed by atoms with Gasteiger partial charge < -0.3 is 23.7 Å². The van der Waals surface area contributed by atoms with Gasteiger partial charge in [-0.2, -0.15) is 0 Å². The summed E-state index contributed by atoms with van der Waals surface area (Å²) < 4.78 is 30.4. The van der Waals surface area contributed by atoms with Gasteiger partial charge in [-0.3, -0.25) is 0 Å². The van der Waals surface area contributed by atoms with Crippen LogP contribution >= 0.6 is 0 Å². The van der Waals surface area contributed by atoms with E-state index in [2.05, 4.69) is 0 Å². The SMILES string of the molecule is CO[C@@H]1O[C@@H]2CC[C@@]3(OC(C)(C)O[C@@H]23)[C@H]1OCc1ccccc1. The van der Waals surface area contributed by atoms with E-state index in [0.717, 1.165) is 18.4 Å². The molecule has 4 rings (SSSR count). The molecule has 1 saturated carbocycles. The van der Waals surface area contributed by atoms with E-state index in [9.17, 15) is 0 Å². The number of hydrogen-bond acceptors (Lipinski definition) is 5. The van der Waals surface area contributed by atoms with E-state index in [-0.39, 0.29) is 18.3 Å². The van der Waals surface area contributed by atoms with Crippen molar-refractivity contribution in [3.8, 4) is 0 Å². The van der Waals surface area contributed by atoms with E-state index >= 15 is 0 Å². The molecular weight excluding hydrogens is 296 g/mol. The van der Waals surface area contributed by atoms with Crippen molar-refractivity contribution in [3.63, 3.8) is 0 Å². The molecule has 0 aromatic heterocycles. The second-order valence-corrected chi connectivity index (χ2v) is 7.03. The molecule has 5 heteroatoms. The molecule has 1 aliphatic carbocycles. The number of hydrogen-bond donors (Lipinski definition) is 0. The van der Waals surface area contributed by atoms with Crippen LogP contribution in [0.3, 0.4) is 0 Å². The van der Waals surface area contributed by atoms with E-state index in [1.807, 2.05) is 44.2 Å². The maximum Gasteiger partial charge on any atom is 0.186 e. The highest BCUT2D eigenvalue weighted by atomic mass is 16.8. The summed E-state index contributed by atoms with van der Waals surface area (Å²) in [5.74, 6) is -0.621. The quantitative estimate of drug-likeness (QED) is 0.853. The first-order chi connectivity index (χ1) is 11.0. The molecule has 0 radical (unpaired) electrons. The zero-order valence-electron chi connectivity index (χ0n) is 13.9. The molecule has 0 spiro atoms. The maximum absolute atomic E-state index is 6.36. The predicted molar refractivity (Wildman–Crippen MR) is 82.7 cm³/mol. The zero-order valence-corrected chi connectivity index (χ0v) is 13.9. The molecule has 2 heterocycles. The Kier molecular flexibility index (Phi) is 3.74. The monoisotopic (exact) mass is 320 g/mol. The Balaban J connectivity index is 1.59. The van der Waals surface area contributed by atoms with Crippen LogP contribution in [0.25, 0.3) is 0 Å². The lowest BCUT2D eigenvalue weighted by molar-refractivity contribution is -0.292. The fourth-order valence-corrected chi connectivity index (χ4v) is 4.18. The minimum Gasteiger partial charge on any atom is -0.365 e. The van der Waals surface area contributed by atoms with Crippen molar-refractivity contribution in [3.05, 3.63) is 35.9 Å². The van der Waals surface area contributed by atoms with E-state index in [0.29, 0.717) is 6.61 Å². The Morgan fingerprint density at radius 3 is 2.74 bits per heavy atom. The van der Waals surface area contributed by atoms with Crippen molar-refractivity contribution < 1.29 is 23.7 Å². The largest absolute Gasteiger partial charge is 0.365 e. The van der Waals surface area contributed by atoms with Gasteiger partial charge in [-0.15, -0.1) is 0 Å². The lowest BCUT2D eigenvalue weighted by Crippen LogP contribution is -2.61. The molecular formula is C18H24O5. The van der Waals surface area contributed by atoms with E-state index in [4.69, 9.17) is 23.7 Å². The summed E-state index contributed by atoms with van der Waals surface area (Å²) in [5.41, 5.74) is 0.635. The maximum atomic E-state index is 6.36. The molecule has 1 aromatic rings. The molecule has 2 saturated heterocycles. The molecule has 5 nitrogen and oxygen atoms in total. The van der Waals surface area contributed by atoms with Crippen LogP contribution in [-0.4, -0.2) is 43.1 Å². The molecule has 0 N–H and O–H groups in total. The van der Waals surface area contributed by atoms with Gasteiger partial charge in [0, 0.05) is 7.11 Å². The van der Waals surface area contributed by atoms with Gasteiger partial charge in [0.1, 0.15) is 17.8 Å². The van der Waals surface area contributed by atoms with Crippen molar-refractivity contribution in [1.82, 2.24) is 0 Å². The highest BCUT2D eigenvalue weighted by Crippen LogP contribution is 2.54. The molecule has 5 atom stereocenters. The van der Waals surface area contributed by atoms with Gasteiger partial charge in [0.25, 0.3) is 0 Å². The van der Waals surface area contributed by atoms with Crippen LogP contribution in [0.15, 0.2) is 30.3 Å². The van der Waals surface area contributed by atoms with Crippen molar-refractivity contribution in [2.24, 2.45) is 0 Å². The smallest absolute Gasteiger partial charge is 0.186 e. The predicted octanol–water partition coefficient (Wildman–Crippen LogP) is 2.63. The van der Waals surface area contributed by atoms with E-state index in [1.165, 1.54) is 0 Å². The Labute approximate surface area is 136 Å². The first kappa shape index (κ1) is 15.5. The minimum absolute atomic E-state index is 0.0123. The molecule has 3 fully saturated rings. The lowest BCUT2D eigenvalue weighted by atomic mass is 9.89. The third-order valence-electron chi connectivity index (χ3n) is 5.03. The van der Waals surface area contributed by atoms with Crippen LogP contribution in [-0.2, 0) is 30.3 Å². The average molecular weight is 320 g/mol. The van der Waals surface area contributed by atoms with Crippen LogP contribution in [0.2, 0.25) is 0 Å². The Bertz CT molecular complexity index is 560. The molecule has 3 aliphatic rings. The van der Waals surface area contributed by atoms with Gasteiger partial charge in [-0.1, -0.05) is 30.3 Å². The van der Waals surface area contributed by atoms with Crippen LogP contribution in [0.5, 0.6) is 0 Å². The molecule has 0 unspecified atom stereocenters. The third-order valence-corrected chi connectivity index (χ3v) is 5.03. The Morgan fingerprint density at radius 1 is 1.22 bits per heavy atom. The third kappa shape index (κ3) is 2.51. The topological polar surface area (TPSA) is 46.2 Å². The summed E-state index contributed by atoms with van der Waals surface area (Å²) in [6.45, 7) is 4.40.